The summed E-state index contributed by atoms with van der Waals surface area (Å²) in [7, 11) is 1.57. The lowest BCUT2D eigenvalue weighted by molar-refractivity contribution is 0.102. The minimum atomic E-state index is -0.216. The number of anilines is 1. The molecule has 1 aliphatic rings. The third kappa shape index (κ3) is 3.78. The summed E-state index contributed by atoms with van der Waals surface area (Å²) in [5, 5.41) is 2.82. The lowest BCUT2D eigenvalue weighted by Crippen LogP contribution is -2.17. The molecule has 1 amide bonds. The van der Waals surface area contributed by atoms with Gasteiger partial charge >= 0.3 is 0 Å². The van der Waals surface area contributed by atoms with E-state index in [9.17, 15) is 4.79 Å². The highest BCUT2D eigenvalue weighted by atomic mass is 16.6. The van der Waals surface area contributed by atoms with Crippen LogP contribution in [0.4, 0.5) is 5.69 Å². The minimum absolute atomic E-state index is 0.0117. The second kappa shape index (κ2) is 7.11. The number of pyridine rings is 1. The van der Waals surface area contributed by atoms with E-state index in [0.29, 0.717) is 36.0 Å². The second-order valence-corrected chi connectivity index (χ2v) is 5.16. The molecule has 0 bridgehead atoms. The fourth-order valence-corrected chi connectivity index (χ4v) is 2.33. The van der Waals surface area contributed by atoms with Crippen molar-refractivity contribution in [2.45, 2.75) is 12.5 Å². The summed E-state index contributed by atoms with van der Waals surface area (Å²) in [6, 6.07) is 8.58. The van der Waals surface area contributed by atoms with Crippen molar-refractivity contribution in [3.05, 3.63) is 48.3 Å². The predicted molar refractivity (Wildman–Crippen MR) is 85.0 cm³/mol. The van der Waals surface area contributed by atoms with Gasteiger partial charge in [0.15, 0.2) is 11.5 Å². The Morgan fingerprint density at radius 1 is 1.26 bits per heavy atom. The lowest BCUT2D eigenvalue weighted by Gasteiger charge is -2.16. The van der Waals surface area contributed by atoms with E-state index >= 15 is 0 Å². The molecule has 2 aromatic rings. The minimum Gasteiger partial charge on any atom is -0.493 e. The van der Waals surface area contributed by atoms with Crippen LogP contribution in [0.1, 0.15) is 16.8 Å². The number of hydrogen-bond acceptors (Lipinski definition) is 5. The Hall–Kier alpha value is -2.60. The normalized spacial score (nSPS) is 16.8. The summed E-state index contributed by atoms with van der Waals surface area (Å²) in [5.74, 6) is 0.925. The van der Waals surface area contributed by atoms with E-state index in [0.717, 1.165) is 6.42 Å². The van der Waals surface area contributed by atoms with Crippen molar-refractivity contribution in [2.24, 2.45) is 0 Å². The molecule has 0 radical (unpaired) electrons. The highest BCUT2D eigenvalue weighted by Crippen LogP contribution is 2.30. The molecule has 120 valence electrons. The van der Waals surface area contributed by atoms with Gasteiger partial charge < -0.3 is 19.5 Å². The molecule has 23 heavy (non-hydrogen) atoms. The number of carbonyl (C=O) groups excluding carboxylic acids is 1. The van der Waals surface area contributed by atoms with E-state index in [1.807, 2.05) is 0 Å². The number of aromatic nitrogens is 1. The quantitative estimate of drug-likeness (QED) is 0.918. The summed E-state index contributed by atoms with van der Waals surface area (Å²) in [6.07, 6.45) is 4.06. The first-order valence-electron chi connectivity index (χ1n) is 7.40. The Bertz CT molecular complexity index is 670. The van der Waals surface area contributed by atoms with Gasteiger partial charge in [-0.2, -0.15) is 0 Å². The molecule has 1 N–H and O–H groups in total. The maximum atomic E-state index is 12.4. The molecule has 1 atom stereocenters. The van der Waals surface area contributed by atoms with Crippen LogP contribution >= 0.6 is 0 Å². The first-order chi connectivity index (χ1) is 11.3. The zero-order valence-electron chi connectivity index (χ0n) is 12.8. The zero-order chi connectivity index (χ0) is 16.1. The van der Waals surface area contributed by atoms with Crippen molar-refractivity contribution in [3.8, 4) is 11.5 Å². The molecule has 1 aromatic heterocycles. The molecule has 6 nitrogen and oxygen atoms in total. The van der Waals surface area contributed by atoms with Crippen LogP contribution in [0.15, 0.2) is 42.7 Å². The number of carbonyl (C=O) groups is 1. The maximum Gasteiger partial charge on any atom is 0.255 e. The summed E-state index contributed by atoms with van der Waals surface area (Å²) >= 11 is 0. The molecule has 3 rings (SSSR count). The van der Waals surface area contributed by atoms with Gasteiger partial charge in [0.2, 0.25) is 0 Å². The van der Waals surface area contributed by atoms with Gasteiger partial charge in [-0.05, 0) is 30.3 Å². The van der Waals surface area contributed by atoms with E-state index in [4.69, 9.17) is 14.2 Å². The Labute approximate surface area is 134 Å². The van der Waals surface area contributed by atoms with E-state index in [2.05, 4.69) is 10.3 Å². The second-order valence-electron chi connectivity index (χ2n) is 5.16. The summed E-state index contributed by atoms with van der Waals surface area (Å²) in [5.41, 5.74) is 1.18. The van der Waals surface area contributed by atoms with E-state index < -0.39 is 0 Å². The molecule has 0 saturated carbocycles. The monoisotopic (exact) mass is 314 g/mol. The largest absolute Gasteiger partial charge is 0.493 e. The summed E-state index contributed by atoms with van der Waals surface area (Å²) < 4.78 is 16.5. The number of ether oxygens (including phenoxy) is 3. The first-order valence-corrected chi connectivity index (χ1v) is 7.40. The van der Waals surface area contributed by atoms with Crippen LogP contribution < -0.4 is 14.8 Å². The maximum absolute atomic E-state index is 12.4. The van der Waals surface area contributed by atoms with E-state index in [1.165, 1.54) is 0 Å². The van der Waals surface area contributed by atoms with Gasteiger partial charge in [0.05, 0.1) is 20.3 Å². The van der Waals surface area contributed by atoms with Crippen LogP contribution in [0.3, 0.4) is 0 Å². The van der Waals surface area contributed by atoms with Gasteiger partial charge in [0, 0.05) is 30.1 Å². The van der Waals surface area contributed by atoms with Crippen molar-refractivity contribution < 1.29 is 19.0 Å². The summed E-state index contributed by atoms with van der Waals surface area (Å²) in [4.78, 5) is 16.3. The van der Waals surface area contributed by atoms with Crippen molar-refractivity contribution in [1.29, 1.82) is 0 Å². The van der Waals surface area contributed by atoms with Gasteiger partial charge in [0.1, 0.15) is 6.10 Å². The number of benzene rings is 1. The van der Waals surface area contributed by atoms with Crippen molar-refractivity contribution >= 4 is 11.6 Å². The highest BCUT2D eigenvalue weighted by molar-refractivity contribution is 6.04. The third-order valence-corrected chi connectivity index (χ3v) is 3.55. The lowest BCUT2D eigenvalue weighted by atomic mass is 10.1. The molecule has 1 unspecified atom stereocenters. The molecule has 1 aromatic carbocycles. The molecule has 1 fully saturated rings. The number of hydrogen-bond donors (Lipinski definition) is 1. The smallest absolute Gasteiger partial charge is 0.255 e. The number of amides is 1. The highest BCUT2D eigenvalue weighted by Gasteiger charge is 2.20. The first kappa shape index (κ1) is 15.3. The average molecular weight is 314 g/mol. The Kier molecular flexibility index (Phi) is 4.73. The average Bonchev–Trinajstić information content (AvgIpc) is 3.09. The Morgan fingerprint density at radius 2 is 2.09 bits per heavy atom. The number of methoxy groups -OCH3 is 1. The van der Waals surface area contributed by atoms with Gasteiger partial charge in [-0.1, -0.05) is 0 Å². The molecule has 6 heteroatoms. The Morgan fingerprint density at radius 3 is 2.78 bits per heavy atom. The molecule has 1 saturated heterocycles. The fourth-order valence-electron chi connectivity index (χ4n) is 2.33. The molecule has 0 aliphatic carbocycles. The van der Waals surface area contributed by atoms with E-state index in [-0.39, 0.29) is 12.0 Å². The molecule has 2 heterocycles. The molecular formula is C17H18N2O4. The fraction of sp³-hybridized carbons (Fsp3) is 0.294. The van der Waals surface area contributed by atoms with Crippen molar-refractivity contribution in [2.75, 3.05) is 25.6 Å². The summed E-state index contributed by atoms with van der Waals surface area (Å²) in [6.45, 7) is 1.24. The van der Waals surface area contributed by atoms with Crippen LogP contribution in [0.2, 0.25) is 0 Å². The number of nitrogens with one attached hydrogen (secondary N) is 1. The topological polar surface area (TPSA) is 69.7 Å². The van der Waals surface area contributed by atoms with Crippen molar-refractivity contribution in [1.82, 2.24) is 4.98 Å². The van der Waals surface area contributed by atoms with Crippen LogP contribution in [0, 0.1) is 0 Å². The third-order valence-electron chi connectivity index (χ3n) is 3.55. The van der Waals surface area contributed by atoms with E-state index in [1.54, 1.807) is 49.8 Å². The van der Waals surface area contributed by atoms with Gasteiger partial charge in [-0.3, -0.25) is 9.78 Å². The van der Waals surface area contributed by atoms with Crippen LogP contribution in [0.25, 0.3) is 0 Å². The van der Waals surface area contributed by atoms with Crippen molar-refractivity contribution in [3.63, 3.8) is 0 Å². The van der Waals surface area contributed by atoms with Crippen LogP contribution in [-0.2, 0) is 4.74 Å². The molecule has 1 aliphatic heterocycles. The predicted octanol–water partition coefficient (Wildman–Crippen LogP) is 2.51. The molecular weight excluding hydrogens is 296 g/mol. The number of rotatable bonds is 5. The number of nitrogens with zero attached hydrogens (tertiary/aromatic N) is 1. The standard InChI is InChI=1S/C17H18N2O4/c1-21-15-3-2-12(10-16(15)23-14-6-9-22-11-14)17(20)19-13-4-7-18-8-5-13/h2-5,7-8,10,14H,6,9,11H2,1H3,(H,18,19,20). The Balaban J connectivity index is 1.77. The van der Waals surface area contributed by atoms with Crippen LogP contribution in [-0.4, -0.2) is 37.3 Å². The van der Waals surface area contributed by atoms with Gasteiger partial charge in [0.25, 0.3) is 5.91 Å². The van der Waals surface area contributed by atoms with Gasteiger partial charge in [-0.15, -0.1) is 0 Å². The molecule has 0 spiro atoms. The zero-order valence-corrected chi connectivity index (χ0v) is 12.8. The van der Waals surface area contributed by atoms with Gasteiger partial charge in [-0.25, -0.2) is 0 Å². The van der Waals surface area contributed by atoms with Crippen LogP contribution in [0.5, 0.6) is 11.5 Å². The SMILES string of the molecule is COc1ccc(C(=O)Nc2ccncc2)cc1OC1CCOC1.